The van der Waals surface area contributed by atoms with Crippen LogP contribution in [0.4, 0.5) is 5.13 Å². The van der Waals surface area contributed by atoms with Crippen LogP contribution in [0.15, 0.2) is 28.6 Å². The van der Waals surface area contributed by atoms with Gasteiger partial charge in [0.1, 0.15) is 0 Å². The van der Waals surface area contributed by atoms with Gasteiger partial charge in [0.25, 0.3) is 0 Å². The number of anilines is 1. The first-order valence-corrected chi connectivity index (χ1v) is 9.18. The molecule has 118 valence electrons. The Morgan fingerprint density at radius 1 is 1.41 bits per heavy atom. The monoisotopic (exact) mass is 356 g/mol. The largest absolute Gasteiger partial charge is 0.375 e. The second-order valence-corrected chi connectivity index (χ2v) is 7.72. The van der Waals surface area contributed by atoms with Gasteiger partial charge >= 0.3 is 0 Å². The molecule has 0 amide bonds. The Bertz CT molecular complexity index is 624. The molecule has 0 spiro atoms. The molecule has 1 aromatic heterocycles. The van der Waals surface area contributed by atoms with E-state index in [0.717, 1.165) is 46.9 Å². The minimum atomic E-state index is 0.186. The van der Waals surface area contributed by atoms with Gasteiger partial charge in [-0.3, -0.25) is 4.90 Å². The standard InChI is InChI=1S/C14H17ClN4OS2/c15-12-4-2-1-3-10(12)7-19-5-6-20-11(8-19)9-21-14-18-17-13(16)22-14/h1-4,11H,5-9H2,(H2,16,17)/t11-/m1/s1. The second-order valence-electron chi connectivity index (χ2n) is 5.04. The van der Waals surface area contributed by atoms with E-state index in [4.69, 9.17) is 22.1 Å². The average Bonchev–Trinajstić information content (AvgIpc) is 2.94. The number of rotatable bonds is 5. The molecule has 8 heteroatoms. The van der Waals surface area contributed by atoms with Crippen LogP contribution in [-0.2, 0) is 11.3 Å². The van der Waals surface area contributed by atoms with Crippen molar-refractivity contribution in [2.24, 2.45) is 0 Å². The van der Waals surface area contributed by atoms with Crippen molar-refractivity contribution in [2.45, 2.75) is 17.0 Å². The van der Waals surface area contributed by atoms with Crippen molar-refractivity contribution in [1.82, 2.24) is 15.1 Å². The number of nitrogens with zero attached hydrogens (tertiary/aromatic N) is 3. The molecular weight excluding hydrogens is 340 g/mol. The molecule has 0 unspecified atom stereocenters. The molecule has 5 nitrogen and oxygen atoms in total. The normalized spacial score (nSPS) is 19.4. The summed E-state index contributed by atoms with van der Waals surface area (Å²) in [6, 6.07) is 7.99. The van der Waals surface area contributed by atoms with Crippen molar-refractivity contribution >= 4 is 39.8 Å². The summed E-state index contributed by atoms with van der Waals surface area (Å²) in [5.74, 6) is 0.855. The first kappa shape index (κ1) is 16.0. The lowest BCUT2D eigenvalue weighted by atomic mass is 10.2. The summed E-state index contributed by atoms with van der Waals surface area (Å²) in [4.78, 5) is 2.38. The van der Waals surface area contributed by atoms with Crippen molar-refractivity contribution in [3.8, 4) is 0 Å². The topological polar surface area (TPSA) is 64.3 Å². The average molecular weight is 357 g/mol. The number of nitrogens with two attached hydrogens (primary N) is 1. The number of nitrogen functional groups attached to an aromatic ring is 1. The Hall–Kier alpha value is -0.860. The van der Waals surface area contributed by atoms with Crippen molar-refractivity contribution in [1.29, 1.82) is 0 Å². The molecule has 1 saturated heterocycles. The first-order chi connectivity index (χ1) is 10.7. The van der Waals surface area contributed by atoms with E-state index in [0.29, 0.717) is 5.13 Å². The highest BCUT2D eigenvalue weighted by atomic mass is 35.5. The predicted molar refractivity (Wildman–Crippen MR) is 91.5 cm³/mol. The van der Waals surface area contributed by atoms with Crippen molar-refractivity contribution < 1.29 is 4.74 Å². The summed E-state index contributed by atoms with van der Waals surface area (Å²) in [5.41, 5.74) is 6.75. The molecule has 22 heavy (non-hydrogen) atoms. The quantitative estimate of drug-likeness (QED) is 0.831. The SMILES string of the molecule is Nc1nnc(SC[C@H]2CN(Cc3ccccc3Cl)CCO2)s1. The highest BCUT2D eigenvalue weighted by Crippen LogP contribution is 2.26. The summed E-state index contributed by atoms with van der Waals surface area (Å²) in [5, 5.41) is 9.17. The number of morpholine rings is 1. The lowest BCUT2D eigenvalue weighted by Gasteiger charge is -2.32. The molecule has 2 aromatic rings. The van der Waals surface area contributed by atoms with Gasteiger partial charge in [-0.15, -0.1) is 10.2 Å². The van der Waals surface area contributed by atoms with E-state index < -0.39 is 0 Å². The molecule has 0 aliphatic carbocycles. The zero-order valence-electron chi connectivity index (χ0n) is 11.9. The van der Waals surface area contributed by atoms with Gasteiger partial charge in [0.15, 0.2) is 4.34 Å². The Labute approximate surface area is 142 Å². The molecular formula is C14H17ClN4OS2. The number of aromatic nitrogens is 2. The Morgan fingerprint density at radius 2 is 2.27 bits per heavy atom. The molecule has 0 radical (unpaired) electrons. The summed E-state index contributed by atoms with van der Waals surface area (Å²) < 4.78 is 6.73. The Balaban J connectivity index is 1.52. The van der Waals surface area contributed by atoms with E-state index in [1.54, 1.807) is 11.8 Å². The van der Waals surface area contributed by atoms with Crippen LogP contribution in [0.5, 0.6) is 0 Å². The predicted octanol–water partition coefficient (Wildman–Crippen LogP) is 2.77. The molecule has 1 atom stereocenters. The number of hydrogen-bond acceptors (Lipinski definition) is 7. The number of benzene rings is 1. The molecule has 3 rings (SSSR count). The van der Waals surface area contributed by atoms with Crippen LogP contribution >= 0.6 is 34.7 Å². The van der Waals surface area contributed by atoms with Crippen LogP contribution in [0.3, 0.4) is 0 Å². The van der Waals surface area contributed by atoms with Crippen molar-refractivity contribution in [3.05, 3.63) is 34.9 Å². The van der Waals surface area contributed by atoms with E-state index in [2.05, 4.69) is 21.2 Å². The number of thioether (sulfide) groups is 1. The molecule has 1 fully saturated rings. The molecule has 2 N–H and O–H groups in total. The van der Waals surface area contributed by atoms with Crippen LogP contribution in [-0.4, -0.2) is 46.7 Å². The van der Waals surface area contributed by atoms with Gasteiger partial charge in [0.05, 0.1) is 12.7 Å². The molecule has 0 bridgehead atoms. The second kappa shape index (κ2) is 7.61. The van der Waals surface area contributed by atoms with E-state index in [1.807, 2.05) is 18.2 Å². The fourth-order valence-electron chi connectivity index (χ4n) is 2.34. The third-order valence-corrected chi connectivity index (χ3v) is 5.78. The van der Waals surface area contributed by atoms with Gasteiger partial charge in [-0.05, 0) is 11.6 Å². The van der Waals surface area contributed by atoms with E-state index >= 15 is 0 Å². The Kier molecular flexibility index (Phi) is 5.54. The maximum absolute atomic E-state index is 6.24. The van der Waals surface area contributed by atoms with Crippen LogP contribution < -0.4 is 5.73 Å². The van der Waals surface area contributed by atoms with Gasteiger partial charge < -0.3 is 10.5 Å². The minimum absolute atomic E-state index is 0.186. The third kappa shape index (κ3) is 4.33. The molecule has 1 aromatic carbocycles. The van der Waals surface area contributed by atoms with Crippen LogP contribution in [0, 0.1) is 0 Å². The fraction of sp³-hybridized carbons (Fsp3) is 0.429. The van der Waals surface area contributed by atoms with Crippen molar-refractivity contribution in [3.63, 3.8) is 0 Å². The smallest absolute Gasteiger partial charge is 0.203 e. The zero-order chi connectivity index (χ0) is 15.4. The number of hydrogen-bond donors (Lipinski definition) is 1. The molecule has 1 aliphatic heterocycles. The van der Waals surface area contributed by atoms with Gasteiger partial charge in [-0.2, -0.15) is 0 Å². The van der Waals surface area contributed by atoms with Gasteiger partial charge in [0, 0.05) is 30.4 Å². The van der Waals surface area contributed by atoms with E-state index in [1.165, 1.54) is 11.3 Å². The third-order valence-electron chi connectivity index (χ3n) is 3.39. The van der Waals surface area contributed by atoms with Crippen LogP contribution in [0.1, 0.15) is 5.56 Å². The van der Waals surface area contributed by atoms with Crippen LogP contribution in [0.2, 0.25) is 5.02 Å². The van der Waals surface area contributed by atoms with E-state index in [9.17, 15) is 0 Å². The minimum Gasteiger partial charge on any atom is -0.375 e. The lowest BCUT2D eigenvalue weighted by Crippen LogP contribution is -2.43. The van der Waals surface area contributed by atoms with Gasteiger partial charge in [0.2, 0.25) is 5.13 Å². The highest BCUT2D eigenvalue weighted by Gasteiger charge is 2.21. The summed E-state index contributed by atoms with van der Waals surface area (Å²) >= 11 is 9.30. The Morgan fingerprint density at radius 3 is 3.05 bits per heavy atom. The van der Waals surface area contributed by atoms with Crippen LogP contribution in [0.25, 0.3) is 0 Å². The first-order valence-electron chi connectivity index (χ1n) is 7.00. The zero-order valence-corrected chi connectivity index (χ0v) is 14.3. The molecule has 0 saturated carbocycles. The molecule has 1 aliphatic rings. The highest BCUT2D eigenvalue weighted by molar-refractivity contribution is 8.01. The maximum atomic E-state index is 6.24. The van der Waals surface area contributed by atoms with Crippen molar-refractivity contribution in [2.75, 3.05) is 31.2 Å². The molecule has 2 heterocycles. The number of halogens is 1. The summed E-state index contributed by atoms with van der Waals surface area (Å²) in [6.45, 7) is 3.43. The maximum Gasteiger partial charge on any atom is 0.203 e. The van der Waals surface area contributed by atoms with E-state index in [-0.39, 0.29) is 6.10 Å². The summed E-state index contributed by atoms with van der Waals surface area (Å²) in [7, 11) is 0. The summed E-state index contributed by atoms with van der Waals surface area (Å²) in [6.07, 6.45) is 0.186. The van der Waals surface area contributed by atoms with Gasteiger partial charge in [-0.25, -0.2) is 0 Å². The number of ether oxygens (including phenoxy) is 1. The fourth-order valence-corrected chi connectivity index (χ4v) is 4.20. The lowest BCUT2D eigenvalue weighted by molar-refractivity contribution is -0.0187. The van der Waals surface area contributed by atoms with Gasteiger partial charge in [-0.1, -0.05) is 52.9 Å².